The Morgan fingerprint density at radius 1 is 1.00 bits per heavy atom. The zero-order valence-electron chi connectivity index (χ0n) is 20.1. The van der Waals surface area contributed by atoms with E-state index in [2.05, 4.69) is 5.32 Å². The first-order valence-electron chi connectivity index (χ1n) is 12.1. The molecule has 188 valence electrons. The molecule has 2 heterocycles. The average Bonchev–Trinajstić information content (AvgIpc) is 3.22. The lowest BCUT2D eigenvalue weighted by Crippen LogP contribution is -2.35. The van der Waals surface area contributed by atoms with Crippen molar-refractivity contribution in [3.8, 4) is 33.4 Å². The number of phenols is 1. The minimum Gasteiger partial charge on any atom is -0.508 e. The van der Waals surface area contributed by atoms with Crippen LogP contribution in [0.25, 0.3) is 20.5 Å². The first-order chi connectivity index (χ1) is 17.4. The maximum absolute atomic E-state index is 11.9. The predicted molar refractivity (Wildman–Crippen MR) is 144 cm³/mol. The standard InChI is InChI=1S/C28H29NO5S2/c1-36(31,32)24-12-5-19(6-13-24)28-27(25-14-7-21(30)18-26(25)35-28)34-23-10-8-22(9-11-23)33-17-15-20-4-2-3-16-29-20/h5-14,18,20,29-30H,2-4,15-17H2,1H3. The van der Waals surface area contributed by atoms with Crippen molar-refractivity contribution in [2.75, 3.05) is 19.4 Å². The van der Waals surface area contributed by atoms with Crippen LogP contribution in [0.3, 0.4) is 0 Å². The monoisotopic (exact) mass is 523 g/mol. The molecule has 0 amide bonds. The summed E-state index contributed by atoms with van der Waals surface area (Å²) in [4.78, 5) is 1.12. The maximum atomic E-state index is 11.9. The van der Waals surface area contributed by atoms with Gasteiger partial charge < -0.3 is 19.9 Å². The SMILES string of the molecule is CS(=O)(=O)c1ccc(-c2sc3cc(O)ccc3c2Oc2ccc(OCCC3CCCCN3)cc2)cc1. The molecule has 1 aromatic heterocycles. The summed E-state index contributed by atoms with van der Waals surface area (Å²) < 4.78 is 36.9. The number of rotatable bonds is 8. The molecule has 0 saturated carbocycles. The summed E-state index contributed by atoms with van der Waals surface area (Å²) in [7, 11) is -3.28. The number of fused-ring (bicyclic) bond motifs is 1. The number of hydrogen-bond donors (Lipinski definition) is 2. The Morgan fingerprint density at radius 2 is 1.75 bits per heavy atom. The third-order valence-corrected chi connectivity index (χ3v) is 8.68. The highest BCUT2D eigenvalue weighted by atomic mass is 32.2. The van der Waals surface area contributed by atoms with Crippen LogP contribution < -0.4 is 14.8 Å². The van der Waals surface area contributed by atoms with Crippen molar-refractivity contribution in [2.45, 2.75) is 36.6 Å². The minimum atomic E-state index is -3.28. The summed E-state index contributed by atoms with van der Waals surface area (Å²) in [5, 5.41) is 14.4. The number of sulfone groups is 1. The van der Waals surface area contributed by atoms with Gasteiger partial charge in [-0.15, -0.1) is 11.3 Å². The Bertz CT molecular complexity index is 1440. The lowest BCUT2D eigenvalue weighted by molar-refractivity contribution is 0.268. The van der Waals surface area contributed by atoms with E-state index in [1.807, 2.05) is 30.3 Å². The Hall–Kier alpha value is -3.07. The van der Waals surface area contributed by atoms with Gasteiger partial charge in [-0.3, -0.25) is 0 Å². The molecule has 6 nitrogen and oxygen atoms in total. The molecule has 5 rings (SSSR count). The van der Waals surface area contributed by atoms with Crippen LogP contribution in [0.5, 0.6) is 23.0 Å². The Labute approximate surface area is 215 Å². The third kappa shape index (κ3) is 5.67. The Balaban J connectivity index is 1.36. The zero-order valence-corrected chi connectivity index (χ0v) is 21.7. The minimum absolute atomic E-state index is 0.180. The number of nitrogens with one attached hydrogen (secondary N) is 1. The van der Waals surface area contributed by atoms with E-state index in [4.69, 9.17) is 9.47 Å². The molecule has 36 heavy (non-hydrogen) atoms. The highest BCUT2D eigenvalue weighted by Crippen LogP contribution is 2.47. The zero-order chi connectivity index (χ0) is 25.1. The van der Waals surface area contributed by atoms with Gasteiger partial charge >= 0.3 is 0 Å². The molecule has 0 spiro atoms. The molecule has 1 saturated heterocycles. The molecule has 8 heteroatoms. The summed E-state index contributed by atoms with van der Waals surface area (Å²) >= 11 is 1.49. The molecule has 0 bridgehead atoms. The number of piperidine rings is 1. The number of ether oxygens (including phenoxy) is 2. The van der Waals surface area contributed by atoms with Crippen LogP contribution in [0, 0.1) is 0 Å². The predicted octanol–water partition coefficient (Wildman–Crippen LogP) is 6.38. The molecule has 2 N–H and O–H groups in total. The fraction of sp³-hybridized carbons (Fsp3) is 0.286. The van der Waals surface area contributed by atoms with Crippen LogP contribution in [0.1, 0.15) is 25.7 Å². The van der Waals surface area contributed by atoms with Gasteiger partial charge in [-0.25, -0.2) is 8.42 Å². The lowest BCUT2D eigenvalue weighted by Gasteiger charge is -2.23. The van der Waals surface area contributed by atoms with Gasteiger partial charge in [0.15, 0.2) is 15.6 Å². The van der Waals surface area contributed by atoms with Gasteiger partial charge in [0.25, 0.3) is 0 Å². The normalized spacial score (nSPS) is 16.2. The van der Waals surface area contributed by atoms with E-state index in [0.29, 0.717) is 24.1 Å². The molecule has 1 aliphatic heterocycles. The molecule has 1 fully saturated rings. The number of aromatic hydroxyl groups is 1. The molecular weight excluding hydrogens is 494 g/mol. The topological polar surface area (TPSA) is 84.9 Å². The van der Waals surface area contributed by atoms with Gasteiger partial charge in [0.05, 0.1) is 16.4 Å². The maximum Gasteiger partial charge on any atom is 0.175 e. The smallest absolute Gasteiger partial charge is 0.175 e. The van der Waals surface area contributed by atoms with Crippen molar-refractivity contribution in [1.29, 1.82) is 0 Å². The van der Waals surface area contributed by atoms with Crippen molar-refractivity contribution < 1.29 is 23.0 Å². The van der Waals surface area contributed by atoms with E-state index >= 15 is 0 Å². The number of hydrogen-bond acceptors (Lipinski definition) is 7. The molecule has 3 aromatic carbocycles. The van der Waals surface area contributed by atoms with Crippen molar-refractivity contribution in [3.05, 3.63) is 66.7 Å². The van der Waals surface area contributed by atoms with Crippen LogP contribution >= 0.6 is 11.3 Å². The first-order valence-corrected chi connectivity index (χ1v) is 14.8. The highest BCUT2D eigenvalue weighted by molar-refractivity contribution is 7.90. The van der Waals surface area contributed by atoms with E-state index in [1.165, 1.54) is 36.9 Å². The highest BCUT2D eigenvalue weighted by Gasteiger charge is 2.18. The van der Waals surface area contributed by atoms with Gasteiger partial charge in [0.1, 0.15) is 17.2 Å². The first kappa shape index (κ1) is 24.6. The van der Waals surface area contributed by atoms with Crippen molar-refractivity contribution in [2.24, 2.45) is 0 Å². The quantitative estimate of drug-likeness (QED) is 0.279. The molecule has 0 aliphatic carbocycles. The second-order valence-corrected chi connectivity index (χ2v) is 12.2. The van der Waals surface area contributed by atoms with Crippen molar-refractivity contribution >= 4 is 31.3 Å². The summed E-state index contributed by atoms with van der Waals surface area (Å²) in [5.74, 6) is 2.31. The van der Waals surface area contributed by atoms with Gasteiger partial charge in [0, 0.05) is 22.4 Å². The molecular formula is C28H29NO5S2. The van der Waals surface area contributed by atoms with Gasteiger partial charge in [-0.2, -0.15) is 0 Å². The molecule has 4 aromatic rings. The van der Waals surface area contributed by atoms with Crippen LogP contribution in [-0.4, -0.2) is 39.0 Å². The largest absolute Gasteiger partial charge is 0.508 e. The third-order valence-electron chi connectivity index (χ3n) is 6.36. The van der Waals surface area contributed by atoms with Crippen molar-refractivity contribution in [1.82, 2.24) is 5.32 Å². The summed E-state index contributed by atoms with van der Waals surface area (Å²) in [5.41, 5.74) is 0.842. The summed E-state index contributed by atoms with van der Waals surface area (Å²) in [6.07, 6.45) is 5.94. The van der Waals surface area contributed by atoms with Gasteiger partial charge in [-0.05, 0) is 86.0 Å². The van der Waals surface area contributed by atoms with Crippen LogP contribution in [0.15, 0.2) is 71.6 Å². The van der Waals surface area contributed by atoms with Crippen LogP contribution in [-0.2, 0) is 9.84 Å². The molecule has 1 unspecified atom stereocenters. The number of benzene rings is 3. The fourth-order valence-electron chi connectivity index (χ4n) is 4.42. The lowest BCUT2D eigenvalue weighted by atomic mass is 10.0. The van der Waals surface area contributed by atoms with Gasteiger partial charge in [-0.1, -0.05) is 18.6 Å². The molecule has 1 atom stereocenters. The Morgan fingerprint density at radius 3 is 2.44 bits per heavy atom. The average molecular weight is 524 g/mol. The van der Waals surface area contributed by atoms with Crippen LogP contribution in [0.2, 0.25) is 0 Å². The van der Waals surface area contributed by atoms with E-state index in [0.717, 1.165) is 39.2 Å². The van der Waals surface area contributed by atoms with E-state index in [-0.39, 0.29) is 10.6 Å². The van der Waals surface area contributed by atoms with E-state index in [9.17, 15) is 13.5 Å². The second-order valence-electron chi connectivity index (χ2n) is 9.09. The second kappa shape index (κ2) is 10.5. The van der Waals surface area contributed by atoms with Crippen LogP contribution in [0.4, 0.5) is 0 Å². The molecule has 1 aliphatic rings. The Kier molecular flexibility index (Phi) is 7.18. The van der Waals surface area contributed by atoms with E-state index < -0.39 is 9.84 Å². The fourth-order valence-corrected chi connectivity index (χ4v) is 6.22. The van der Waals surface area contributed by atoms with E-state index in [1.54, 1.807) is 36.4 Å². The summed E-state index contributed by atoms with van der Waals surface area (Å²) in [6.45, 7) is 1.77. The molecule has 0 radical (unpaired) electrons. The summed E-state index contributed by atoms with van der Waals surface area (Å²) in [6, 6.07) is 20.1. The number of thiophene rings is 1. The van der Waals surface area contributed by atoms with Gasteiger partial charge in [0.2, 0.25) is 0 Å². The number of phenolic OH excluding ortho intramolecular Hbond substituents is 1. The van der Waals surface area contributed by atoms with Crippen molar-refractivity contribution in [3.63, 3.8) is 0 Å².